The number of carbonyl (C=O) groups is 4. The topological polar surface area (TPSA) is 147 Å². The predicted molar refractivity (Wildman–Crippen MR) is 72.0 cm³/mol. The predicted octanol–water partition coefficient (Wildman–Crippen LogP) is -1.29. The van der Waals surface area contributed by atoms with Gasteiger partial charge < -0.3 is 26.4 Å². The van der Waals surface area contributed by atoms with Gasteiger partial charge >= 0.3 is 12.0 Å². The molecule has 0 bridgehead atoms. The molecule has 1 aliphatic carbocycles. The van der Waals surface area contributed by atoms with E-state index in [2.05, 4.69) is 0 Å². The van der Waals surface area contributed by atoms with Crippen molar-refractivity contribution in [2.45, 2.75) is 31.7 Å². The van der Waals surface area contributed by atoms with Gasteiger partial charge in [-0.1, -0.05) is 12.8 Å². The minimum absolute atomic E-state index is 0.211. The fraction of sp³-hybridized carbons (Fsp3) is 0.667. The number of amides is 4. The van der Waals surface area contributed by atoms with E-state index in [0.29, 0.717) is 12.8 Å². The Hall–Kier alpha value is -2.32. The van der Waals surface area contributed by atoms with Crippen molar-refractivity contribution in [3.8, 4) is 0 Å². The van der Waals surface area contributed by atoms with Gasteiger partial charge in [-0.05, 0) is 12.8 Å². The van der Waals surface area contributed by atoms with Crippen LogP contribution in [0.4, 0.5) is 4.79 Å². The first-order chi connectivity index (χ1) is 9.81. The molecule has 0 heterocycles. The van der Waals surface area contributed by atoms with E-state index in [-0.39, 0.29) is 6.04 Å². The number of carboxylic acid groups (broad SMARTS) is 1. The number of primary amides is 2. The Balaban J connectivity index is 2.89. The van der Waals surface area contributed by atoms with E-state index in [9.17, 15) is 19.2 Å². The molecule has 1 aliphatic rings. The van der Waals surface area contributed by atoms with Crippen molar-refractivity contribution in [2.75, 3.05) is 19.6 Å². The van der Waals surface area contributed by atoms with Crippen LogP contribution in [0.2, 0.25) is 0 Å². The number of urea groups is 1. The Bertz CT molecular complexity index is 417. The zero-order valence-corrected chi connectivity index (χ0v) is 11.7. The Kier molecular flexibility index (Phi) is 5.94. The SMILES string of the molecule is NC(=O)CN(CC(N)=O)C(=O)N(CC(=O)O)C1CCCC1. The van der Waals surface area contributed by atoms with Gasteiger partial charge in [0.15, 0.2) is 0 Å². The van der Waals surface area contributed by atoms with Gasteiger partial charge in [-0.25, -0.2) is 4.79 Å². The average Bonchev–Trinajstić information content (AvgIpc) is 2.86. The van der Waals surface area contributed by atoms with Gasteiger partial charge in [0.1, 0.15) is 19.6 Å². The summed E-state index contributed by atoms with van der Waals surface area (Å²) in [5.74, 6) is -2.76. The van der Waals surface area contributed by atoms with Crippen molar-refractivity contribution in [2.24, 2.45) is 11.5 Å². The minimum Gasteiger partial charge on any atom is -0.480 e. The first-order valence-corrected chi connectivity index (χ1v) is 6.65. The molecule has 0 aromatic carbocycles. The Morgan fingerprint density at radius 3 is 1.81 bits per heavy atom. The van der Waals surface area contributed by atoms with Gasteiger partial charge in [-0.15, -0.1) is 0 Å². The minimum atomic E-state index is -1.16. The van der Waals surface area contributed by atoms with E-state index in [0.717, 1.165) is 17.7 Å². The van der Waals surface area contributed by atoms with Crippen LogP contribution in [-0.4, -0.2) is 64.4 Å². The standard InChI is InChI=1S/C12H20N4O5/c13-9(17)5-15(6-10(14)18)12(21)16(7-11(19)20)8-3-1-2-4-8/h8H,1-7H2,(H2,13,17)(H2,14,18)(H,19,20). The second kappa shape index (κ2) is 7.46. The summed E-state index contributed by atoms with van der Waals surface area (Å²) in [7, 11) is 0. The lowest BCUT2D eigenvalue weighted by atomic mass is 10.2. The largest absolute Gasteiger partial charge is 0.480 e. The van der Waals surface area contributed by atoms with Gasteiger partial charge in [0.2, 0.25) is 11.8 Å². The normalized spacial score (nSPS) is 14.7. The van der Waals surface area contributed by atoms with E-state index in [1.165, 1.54) is 4.90 Å². The second-order valence-corrected chi connectivity index (χ2v) is 5.03. The number of nitrogens with zero attached hydrogens (tertiary/aromatic N) is 2. The van der Waals surface area contributed by atoms with E-state index in [4.69, 9.17) is 16.6 Å². The van der Waals surface area contributed by atoms with Crippen molar-refractivity contribution < 1.29 is 24.3 Å². The summed E-state index contributed by atoms with van der Waals surface area (Å²) >= 11 is 0. The molecule has 0 radical (unpaired) electrons. The zero-order chi connectivity index (χ0) is 16.0. The van der Waals surface area contributed by atoms with E-state index < -0.39 is 43.4 Å². The summed E-state index contributed by atoms with van der Waals surface area (Å²) in [6, 6.07) is -0.918. The molecule has 0 spiro atoms. The number of carboxylic acids is 1. The molecule has 0 unspecified atom stereocenters. The van der Waals surface area contributed by atoms with Crippen LogP contribution in [-0.2, 0) is 14.4 Å². The molecule has 0 aliphatic heterocycles. The Morgan fingerprint density at radius 1 is 0.952 bits per heavy atom. The lowest BCUT2D eigenvalue weighted by Crippen LogP contribution is -2.53. The van der Waals surface area contributed by atoms with Crippen LogP contribution in [0, 0.1) is 0 Å². The number of carbonyl (C=O) groups excluding carboxylic acids is 3. The monoisotopic (exact) mass is 300 g/mol. The molecule has 9 nitrogen and oxygen atoms in total. The quantitative estimate of drug-likeness (QED) is 0.535. The molecule has 9 heteroatoms. The third kappa shape index (κ3) is 5.28. The van der Waals surface area contributed by atoms with Crippen LogP contribution < -0.4 is 11.5 Å². The number of hydrogen-bond acceptors (Lipinski definition) is 4. The highest BCUT2D eigenvalue weighted by Crippen LogP contribution is 2.24. The molecular weight excluding hydrogens is 280 g/mol. The van der Waals surface area contributed by atoms with E-state index in [1.807, 2.05) is 0 Å². The lowest BCUT2D eigenvalue weighted by Gasteiger charge is -2.32. The highest BCUT2D eigenvalue weighted by Gasteiger charge is 2.32. The molecule has 0 saturated heterocycles. The molecular formula is C12H20N4O5. The summed E-state index contributed by atoms with van der Waals surface area (Å²) in [5, 5.41) is 8.94. The molecule has 4 amide bonds. The maximum Gasteiger partial charge on any atom is 0.323 e. The third-order valence-corrected chi connectivity index (χ3v) is 3.28. The number of rotatable bonds is 7. The molecule has 1 saturated carbocycles. The van der Waals surface area contributed by atoms with Gasteiger partial charge in [0, 0.05) is 6.04 Å². The van der Waals surface area contributed by atoms with Crippen molar-refractivity contribution in [3.05, 3.63) is 0 Å². The summed E-state index contributed by atoms with van der Waals surface area (Å²) in [6.45, 7) is -1.45. The zero-order valence-electron chi connectivity index (χ0n) is 11.7. The number of hydrogen-bond donors (Lipinski definition) is 3. The van der Waals surface area contributed by atoms with Crippen LogP contribution in [0.25, 0.3) is 0 Å². The fourth-order valence-corrected chi connectivity index (χ4v) is 2.46. The van der Waals surface area contributed by atoms with Crippen molar-refractivity contribution in [1.29, 1.82) is 0 Å². The lowest BCUT2D eigenvalue weighted by molar-refractivity contribution is -0.138. The number of nitrogens with two attached hydrogens (primary N) is 2. The first kappa shape index (κ1) is 16.7. The average molecular weight is 300 g/mol. The summed E-state index contributed by atoms with van der Waals surface area (Å²) in [6.07, 6.45) is 3.19. The van der Waals surface area contributed by atoms with Gasteiger partial charge in [-0.2, -0.15) is 0 Å². The van der Waals surface area contributed by atoms with Crippen molar-refractivity contribution >= 4 is 23.8 Å². The summed E-state index contributed by atoms with van der Waals surface area (Å²) in [4.78, 5) is 47.4. The van der Waals surface area contributed by atoms with Crippen molar-refractivity contribution in [3.63, 3.8) is 0 Å². The summed E-state index contributed by atoms with van der Waals surface area (Å²) in [5.41, 5.74) is 10.1. The maximum atomic E-state index is 12.4. The number of aliphatic carboxylic acids is 1. The van der Waals surface area contributed by atoms with Crippen LogP contribution >= 0.6 is 0 Å². The van der Waals surface area contributed by atoms with Crippen LogP contribution in [0.5, 0.6) is 0 Å². The first-order valence-electron chi connectivity index (χ1n) is 6.65. The van der Waals surface area contributed by atoms with E-state index in [1.54, 1.807) is 0 Å². The third-order valence-electron chi connectivity index (χ3n) is 3.28. The van der Waals surface area contributed by atoms with Crippen LogP contribution in [0.3, 0.4) is 0 Å². The maximum absolute atomic E-state index is 12.4. The van der Waals surface area contributed by atoms with Crippen LogP contribution in [0.1, 0.15) is 25.7 Å². The molecule has 1 rings (SSSR count). The van der Waals surface area contributed by atoms with Gasteiger partial charge in [0.25, 0.3) is 0 Å². The molecule has 5 N–H and O–H groups in total. The van der Waals surface area contributed by atoms with E-state index >= 15 is 0 Å². The molecule has 0 aromatic rings. The Labute approximate surface area is 121 Å². The molecule has 1 fully saturated rings. The Morgan fingerprint density at radius 2 is 1.43 bits per heavy atom. The second-order valence-electron chi connectivity index (χ2n) is 5.03. The highest BCUT2D eigenvalue weighted by molar-refractivity contribution is 5.88. The van der Waals surface area contributed by atoms with Gasteiger partial charge in [0.05, 0.1) is 0 Å². The molecule has 21 heavy (non-hydrogen) atoms. The highest BCUT2D eigenvalue weighted by atomic mass is 16.4. The molecule has 118 valence electrons. The molecule has 0 atom stereocenters. The van der Waals surface area contributed by atoms with Crippen molar-refractivity contribution in [1.82, 2.24) is 9.80 Å². The van der Waals surface area contributed by atoms with Gasteiger partial charge in [-0.3, -0.25) is 14.4 Å². The smallest absolute Gasteiger partial charge is 0.323 e. The van der Waals surface area contributed by atoms with Crippen LogP contribution in [0.15, 0.2) is 0 Å². The summed E-state index contributed by atoms with van der Waals surface area (Å²) < 4.78 is 0. The molecule has 0 aromatic heterocycles. The fourth-order valence-electron chi connectivity index (χ4n) is 2.46.